The van der Waals surface area contributed by atoms with Gasteiger partial charge in [-0.25, -0.2) is 0 Å². The molecule has 0 aliphatic heterocycles. The van der Waals surface area contributed by atoms with Crippen LogP contribution in [0.1, 0.15) is 20.3 Å². The van der Waals surface area contributed by atoms with Crippen LogP contribution in [0, 0.1) is 0 Å². The highest BCUT2D eigenvalue weighted by atomic mass is 35.5. The van der Waals surface area contributed by atoms with Gasteiger partial charge in [0.2, 0.25) is 0 Å². The molecule has 0 heterocycles. The highest BCUT2D eigenvalue weighted by molar-refractivity contribution is 5.94. The summed E-state index contributed by atoms with van der Waals surface area (Å²) in [5, 5.41) is 0. The van der Waals surface area contributed by atoms with Gasteiger partial charge in [0.25, 0.3) is 0 Å². The minimum atomic E-state index is -0.432. The maximum atomic E-state index is 11.1. The van der Waals surface area contributed by atoms with Crippen LogP contribution in [0.2, 0.25) is 0 Å². The SMILES string of the molecule is CC(=O)CC(=O)OC(C)C[N+](C)(C)C.[Cl-]. The molecule has 0 radical (unpaired) electrons. The third kappa shape index (κ3) is 11.3. The van der Waals surface area contributed by atoms with Gasteiger partial charge >= 0.3 is 5.97 Å². The third-order valence-electron chi connectivity index (χ3n) is 1.53. The predicted molar refractivity (Wildman–Crippen MR) is 53.8 cm³/mol. The monoisotopic (exact) mass is 237 g/mol. The second-order valence-corrected chi connectivity index (χ2v) is 4.65. The van der Waals surface area contributed by atoms with Gasteiger partial charge in [0.15, 0.2) is 0 Å². The summed E-state index contributed by atoms with van der Waals surface area (Å²) in [6, 6.07) is 0. The van der Waals surface area contributed by atoms with E-state index in [9.17, 15) is 9.59 Å². The normalized spacial score (nSPS) is 12.6. The number of carbonyl (C=O) groups is 2. The van der Waals surface area contributed by atoms with Crippen molar-refractivity contribution >= 4 is 11.8 Å². The number of carbonyl (C=O) groups excluding carboxylic acids is 2. The van der Waals surface area contributed by atoms with Crippen LogP contribution in [-0.2, 0) is 14.3 Å². The number of ketones is 1. The lowest BCUT2D eigenvalue weighted by atomic mass is 10.3. The first-order valence-electron chi connectivity index (χ1n) is 4.70. The molecule has 0 aromatic rings. The molecule has 0 spiro atoms. The Hall–Kier alpha value is -0.610. The van der Waals surface area contributed by atoms with Crippen LogP contribution < -0.4 is 12.4 Å². The molecular weight excluding hydrogens is 218 g/mol. The van der Waals surface area contributed by atoms with E-state index in [1.165, 1.54) is 6.92 Å². The minimum Gasteiger partial charge on any atom is -1.00 e. The Kier molecular flexibility index (Phi) is 7.62. The van der Waals surface area contributed by atoms with Crippen molar-refractivity contribution in [2.24, 2.45) is 0 Å². The predicted octanol–water partition coefficient (Wildman–Crippen LogP) is -2.39. The molecule has 0 aromatic carbocycles. The first-order valence-corrected chi connectivity index (χ1v) is 4.70. The zero-order chi connectivity index (χ0) is 11.4. The number of quaternary nitrogens is 1. The van der Waals surface area contributed by atoms with E-state index >= 15 is 0 Å². The second kappa shape index (κ2) is 6.80. The zero-order valence-electron chi connectivity index (χ0n) is 10.0. The molecule has 5 heteroatoms. The Labute approximate surface area is 97.6 Å². The van der Waals surface area contributed by atoms with Crippen molar-refractivity contribution in [1.82, 2.24) is 0 Å². The summed E-state index contributed by atoms with van der Waals surface area (Å²) in [6.07, 6.45) is -0.275. The summed E-state index contributed by atoms with van der Waals surface area (Å²) in [5.74, 6) is -0.592. The van der Waals surface area contributed by atoms with Gasteiger partial charge in [0.05, 0.1) is 21.1 Å². The van der Waals surface area contributed by atoms with E-state index in [1.807, 2.05) is 28.1 Å². The van der Waals surface area contributed by atoms with Crippen LogP contribution in [0.15, 0.2) is 0 Å². The van der Waals surface area contributed by atoms with E-state index < -0.39 is 5.97 Å². The van der Waals surface area contributed by atoms with E-state index in [0.717, 1.165) is 11.0 Å². The number of hydrogen-bond acceptors (Lipinski definition) is 3. The molecule has 1 atom stereocenters. The van der Waals surface area contributed by atoms with Crippen molar-refractivity contribution in [1.29, 1.82) is 0 Å². The Morgan fingerprint density at radius 3 is 2.07 bits per heavy atom. The standard InChI is InChI=1S/C10H20NO3.ClH/c1-8(12)6-10(13)14-9(2)7-11(3,4)5;/h9H,6-7H2,1-5H3;1H/q+1;/p-1. The summed E-state index contributed by atoms with van der Waals surface area (Å²) < 4.78 is 5.79. The van der Waals surface area contributed by atoms with Crippen LogP contribution >= 0.6 is 0 Å². The number of nitrogens with zero attached hydrogens (tertiary/aromatic N) is 1. The van der Waals surface area contributed by atoms with Crippen molar-refractivity contribution in [2.75, 3.05) is 27.7 Å². The zero-order valence-corrected chi connectivity index (χ0v) is 10.8. The average molecular weight is 238 g/mol. The molecule has 0 bridgehead atoms. The van der Waals surface area contributed by atoms with Gasteiger partial charge in [-0.05, 0) is 13.8 Å². The highest BCUT2D eigenvalue weighted by Crippen LogP contribution is 2.01. The number of Topliss-reactive ketones (excluding diaryl/α,β-unsaturated/α-hetero) is 1. The van der Waals surface area contributed by atoms with Crippen LogP contribution in [0.4, 0.5) is 0 Å². The molecule has 0 aliphatic carbocycles. The van der Waals surface area contributed by atoms with Gasteiger partial charge in [-0.3, -0.25) is 9.59 Å². The Balaban J connectivity index is 0. The van der Waals surface area contributed by atoms with Gasteiger partial charge in [0.1, 0.15) is 24.9 Å². The Bertz CT molecular complexity index is 223. The smallest absolute Gasteiger partial charge is 0.313 e. The molecular formula is C10H20ClNO3. The van der Waals surface area contributed by atoms with Crippen LogP contribution in [0.3, 0.4) is 0 Å². The van der Waals surface area contributed by atoms with Crippen LogP contribution in [0.25, 0.3) is 0 Å². The van der Waals surface area contributed by atoms with Gasteiger partial charge in [-0.1, -0.05) is 0 Å². The minimum absolute atomic E-state index is 0. The van der Waals surface area contributed by atoms with Crippen molar-refractivity contribution in [3.05, 3.63) is 0 Å². The number of hydrogen-bond donors (Lipinski definition) is 0. The Morgan fingerprint density at radius 2 is 1.73 bits per heavy atom. The molecule has 0 N–H and O–H groups in total. The molecule has 1 unspecified atom stereocenters. The molecule has 15 heavy (non-hydrogen) atoms. The van der Waals surface area contributed by atoms with E-state index in [1.54, 1.807) is 0 Å². The summed E-state index contributed by atoms with van der Waals surface area (Å²) >= 11 is 0. The molecule has 0 fully saturated rings. The molecule has 0 amide bonds. The van der Waals surface area contributed by atoms with E-state index in [0.29, 0.717) is 0 Å². The maximum absolute atomic E-state index is 11.1. The number of esters is 1. The number of rotatable bonds is 5. The van der Waals surface area contributed by atoms with Crippen LogP contribution in [-0.4, -0.2) is 50.0 Å². The van der Waals surface area contributed by atoms with Gasteiger partial charge < -0.3 is 21.6 Å². The van der Waals surface area contributed by atoms with Gasteiger partial charge in [-0.2, -0.15) is 0 Å². The van der Waals surface area contributed by atoms with Crippen LogP contribution in [0.5, 0.6) is 0 Å². The lowest BCUT2D eigenvalue weighted by Crippen LogP contribution is -3.00. The number of ether oxygens (including phenoxy) is 1. The molecule has 0 rings (SSSR count). The third-order valence-corrected chi connectivity index (χ3v) is 1.53. The molecule has 0 aromatic heterocycles. The summed E-state index contributed by atoms with van der Waals surface area (Å²) in [5.41, 5.74) is 0. The lowest BCUT2D eigenvalue weighted by Gasteiger charge is -2.27. The van der Waals surface area contributed by atoms with Gasteiger partial charge in [-0.15, -0.1) is 0 Å². The van der Waals surface area contributed by atoms with E-state index in [4.69, 9.17) is 4.74 Å². The van der Waals surface area contributed by atoms with Crippen molar-refractivity contribution in [3.8, 4) is 0 Å². The lowest BCUT2D eigenvalue weighted by molar-refractivity contribution is -0.873. The molecule has 90 valence electrons. The topological polar surface area (TPSA) is 43.4 Å². The fourth-order valence-corrected chi connectivity index (χ4v) is 1.28. The van der Waals surface area contributed by atoms with E-state index in [-0.39, 0.29) is 30.7 Å². The van der Waals surface area contributed by atoms with Crippen molar-refractivity contribution in [3.63, 3.8) is 0 Å². The number of likely N-dealkylation sites (N-methyl/N-ethyl adjacent to an activating group) is 1. The van der Waals surface area contributed by atoms with E-state index in [2.05, 4.69) is 0 Å². The molecule has 0 saturated carbocycles. The first kappa shape index (κ1) is 16.8. The number of halogens is 1. The summed E-state index contributed by atoms with van der Waals surface area (Å²) in [7, 11) is 6.07. The van der Waals surface area contributed by atoms with Gasteiger partial charge in [0, 0.05) is 0 Å². The quantitative estimate of drug-likeness (QED) is 0.305. The van der Waals surface area contributed by atoms with Crippen molar-refractivity contribution in [2.45, 2.75) is 26.4 Å². The van der Waals surface area contributed by atoms with Crippen molar-refractivity contribution < 1.29 is 31.2 Å². The second-order valence-electron chi connectivity index (χ2n) is 4.65. The summed E-state index contributed by atoms with van der Waals surface area (Å²) in [4.78, 5) is 21.7. The maximum Gasteiger partial charge on any atom is 0.313 e. The fourth-order valence-electron chi connectivity index (χ4n) is 1.28. The largest absolute Gasteiger partial charge is 1.00 e. The molecule has 0 aliphatic rings. The first-order chi connectivity index (χ1) is 6.20. The average Bonchev–Trinajstić information content (AvgIpc) is 1.77. The Morgan fingerprint density at radius 1 is 1.27 bits per heavy atom. The molecule has 4 nitrogen and oxygen atoms in total. The highest BCUT2D eigenvalue weighted by Gasteiger charge is 2.17. The molecule has 0 saturated heterocycles. The fraction of sp³-hybridized carbons (Fsp3) is 0.800. The summed E-state index contributed by atoms with van der Waals surface area (Å²) in [6.45, 7) is 3.96.